The average Bonchev–Trinajstić information content (AvgIpc) is 1.66. The van der Waals surface area contributed by atoms with Crippen LogP contribution in [-0.4, -0.2) is 16.2 Å². The molecule has 0 saturated carbocycles. The minimum Gasteiger partial charge on any atom is -0.389 e. The second-order valence-corrected chi connectivity index (χ2v) is 3.28. The molecule has 0 rings (SSSR count). The highest BCUT2D eigenvalue weighted by atomic mass is 16.3. The first kappa shape index (κ1) is 12.6. The molecular formula is C8H21NO. The van der Waals surface area contributed by atoms with Crippen LogP contribution >= 0.6 is 0 Å². The van der Waals surface area contributed by atoms with Crippen LogP contribution in [0.4, 0.5) is 0 Å². The maximum absolute atomic E-state index is 9.23. The fourth-order valence-electron chi connectivity index (χ4n) is 0. The van der Waals surface area contributed by atoms with E-state index in [1.54, 1.807) is 27.7 Å². The molecule has 2 nitrogen and oxygen atoms in total. The van der Waals surface area contributed by atoms with Crippen molar-refractivity contribution >= 4 is 0 Å². The SMILES string of the molecule is CC.CC(C)(N)C(C)(C)O. The van der Waals surface area contributed by atoms with E-state index >= 15 is 0 Å². The van der Waals surface area contributed by atoms with Gasteiger partial charge in [0.05, 0.1) is 5.60 Å². The topological polar surface area (TPSA) is 46.2 Å². The Morgan fingerprint density at radius 2 is 1.10 bits per heavy atom. The maximum Gasteiger partial charge on any atom is 0.0764 e. The van der Waals surface area contributed by atoms with Crippen molar-refractivity contribution in [3.63, 3.8) is 0 Å². The minimum absolute atomic E-state index is 0.507. The first-order valence-corrected chi connectivity index (χ1v) is 3.76. The summed E-state index contributed by atoms with van der Waals surface area (Å²) in [7, 11) is 0. The Balaban J connectivity index is 0. The van der Waals surface area contributed by atoms with Gasteiger partial charge in [0.15, 0.2) is 0 Å². The summed E-state index contributed by atoms with van der Waals surface area (Å²) < 4.78 is 0. The van der Waals surface area contributed by atoms with Crippen LogP contribution in [0.25, 0.3) is 0 Å². The van der Waals surface area contributed by atoms with Crippen LogP contribution in [0.2, 0.25) is 0 Å². The van der Waals surface area contributed by atoms with E-state index in [1.165, 1.54) is 0 Å². The molecule has 0 aliphatic carbocycles. The zero-order valence-electron chi connectivity index (χ0n) is 8.02. The van der Waals surface area contributed by atoms with Crippen molar-refractivity contribution < 1.29 is 5.11 Å². The first-order chi connectivity index (χ1) is 4.25. The normalized spacial score (nSPS) is 12.0. The molecule has 0 bridgehead atoms. The second kappa shape index (κ2) is 3.94. The van der Waals surface area contributed by atoms with E-state index in [9.17, 15) is 5.11 Å². The quantitative estimate of drug-likeness (QED) is 0.590. The third-order valence-electron chi connectivity index (χ3n) is 1.58. The molecule has 10 heavy (non-hydrogen) atoms. The maximum atomic E-state index is 9.23. The van der Waals surface area contributed by atoms with Gasteiger partial charge in [-0.25, -0.2) is 0 Å². The summed E-state index contributed by atoms with van der Waals surface area (Å²) in [6.45, 7) is 11.0. The lowest BCUT2D eigenvalue weighted by molar-refractivity contribution is 0.0144. The summed E-state index contributed by atoms with van der Waals surface area (Å²) >= 11 is 0. The molecule has 0 aromatic carbocycles. The molecule has 0 radical (unpaired) electrons. The van der Waals surface area contributed by atoms with Gasteiger partial charge >= 0.3 is 0 Å². The fraction of sp³-hybridized carbons (Fsp3) is 1.00. The predicted octanol–water partition coefficient (Wildman–Crippen LogP) is 1.52. The van der Waals surface area contributed by atoms with Crippen molar-refractivity contribution in [2.45, 2.75) is 52.7 Å². The number of rotatable bonds is 1. The van der Waals surface area contributed by atoms with Gasteiger partial charge < -0.3 is 10.8 Å². The van der Waals surface area contributed by atoms with E-state index in [0.717, 1.165) is 0 Å². The fourth-order valence-corrected chi connectivity index (χ4v) is 0. The summed E-state index contributed by atoms with van der Waals surface area (Å²) in [6, 6.07) is 0. The van der Waals surface area contributed by atoms with Crippen LogP contribution in [0.3, 0.4) is 0 Å². The largest absolute Gasteiger partial charge is 0.389 e. The molecule has 0 aromatic rings. The van der Waals surface area contributed by atoms with E-state index in [2.05, 4.69) is 0 Å². The standard InChI is InChI=1S/C6H15NO.C2H6/c1-5(2,7)6(3,4)8;1-2/h8H,7H2,1-4H3;1-2H3. The highest BCUT2D eigenvalue weighted by molar-refractivity contribution is 4.89. The molecule has 0 fully saturated rings. The number of hydrogen-bond acceptors (Lipinski definition) is 2. The van der Waals surface area contributed by atoms with Crippen LogP contribution < -0.4 is 5.73 Å². The Bertz CT molecular complexity index is 64.2. The number of nitrogens with two attached hydrogens (primary N) is 1. The molecule has 0 saturated heterocycles. The van der Waals surface area contributed by atoms with E-state index in [-0.39, 0.29) is 0 Å². The Morgan fingerprint density at radius 1 is 1.00 bits per heavy atom. The average molecular weight is 147 g/mol. The molecule has 0 amide bonds. The molecule has 0 aliphatic heterocycles. The van der Waals surface area contributed by atoms with Gasteiger partial charge in [0.2, 0.25) is 0 Å². The summed E-state index contributed by atoms with van der Waals surface area (Å²) in [6.07, 6.45) is 0. The van der Waals surface area contributed by atoms with Crippen LogP contribution in [0.5, 0.6) is 0 Å². The summed E-state index contributed by atoms with van der Waals surface area (Å²) in [5.74, 6) is 0. The monoisotopic (exact) mass is 147 g/mol. The molecule has 0 atom stereocenters. The lowest BCUT2D eigenvalue weighted by Crippen LogP contribution is -2.52. The molecule has 2 heteroatoms. The summed E-state index contributed by atoms with van der Waals surface area (Å²) in [5, 5.41) is 9.23. The van der Waals surface area contributed by atoms with Gasteiger partial charge in [0.1, 0.15) is 0 Å². The van der Waals surface area contributed by atoms with Crippen molar-refractivity contribution in [3.05, 3.63) is 0 Å². The second-order valence-electron chi connectivity index (χ2n) is 3.28. The first-order valence-electron chi connectivity index (χ1n) is 3.76. The summed E-state index contributed by atoms with van der Waals surface area (Å²) in [4.78, 5) is 0. The van der Waals surface area contributed by atoms with Gasteiger partial charge in [-0.15, -0.1) is 0 Å². The van der Waals surface area contributed by atoms with Crippen molar-refractivity contribution in [2.24, 2.45) is 5.73 Å². The van der Waals surface area contributed by atoms with Gasteiger partial charge in [0, 0.05) is 5.54 Å². The third kappa shape index (κ3) is 4.77. The Morgan fingerprint density at radius 3 is 1.10 bits per heavy atom. The zero-order chi connectivity index (χ0) is 9.00. The van der Waals surface area contributed by atoms with E-state index in [4.69, 9.17) is 5.73 Å². The molecule has 0 aromatic heterocycles. The summed E-state index contributed by atoms with van der Waals surface area (Å²) in [5.41, 5.74) is 4.27. The minimum atomic E-state index is -0.785. The zero-order valence-corrected chi connectivity index (χ0v) is 8.02. The van der Waals surface area contributed by atoms with E-state index in [1.807, 2.05) is 13.8 Å². The molecule has 0 unspecified atom stereocenters. The van der Waals surface area contributed by atoms with Gasteiger partial charge in [-0.1, -0.05) is 13.8 Å². The van der Waals surface area contributed by atoms with Crippen LogP contribution in [-0.2, 0) is 0 Å². The van der Waals surface area contributed by atoms with Crippen molar-refractivity contribution in [2.75, 3.05) is 0 Å². The van der Waals surface area contributed by atoms with E-state index in [0.29, 0.717) is 0 Å². The van der Waals surface area contributed by atoms with Crippen LogP contribution in [0, 0.1) is 0 Å². The van der Waals surface area contributed by atoms with Crippen molar-refractivity contribution in [1.29, 1.82) is 0 Å². The lowest BCUT2D eigenvalue weighted by atomic mass is 9.87. The molecule has 3 N–H and O–H groups in total. The number of hydrogen-bond donors (Lipinski definition) is 2. The Labute approximate surface area is 64.4 Å². The van der Waals surface area contributed by atoms with Crippen molar-refractivity contribution in [3.8, 4) is 0 Å². The molecule has 0 spiro atoms. The molecule has 0 aliphatic rings. The van der Waals surface area contributed by atoms with Gasteiger partial charge in [-0.3, -0.25) is 0 Å². The smallest absolute Gasteiger partial charge is 0.0764 e. The highest BCUT2D eigenvalue weighted by Crippen LogP contribution is 2.16. The molecule has 0 heterocycles. The third-order valence-corrected chi connectivity index (χ3v) is 1.58. The Kier molecular flexibility index (Phi) is 4.96. The Hall–Kier alpha value is -0.0800. The van der Waals surface area contributed by atoms with Crippen LogP contribution in [0.15, 0.2) is 0 Å². The molecule has 64 valence electrons. The van der Waals surface area contributed by atoms with Gasteiger partial charge in [-0.2, -0.15) is 0 Å². The highest BCUT2D eigenvalue weighted by Gasteiger charge is 2.30. The van der Waals surface area contributed by atoms with Gasteiger partial charge in [0.25, 0.3) is 0 Å². The van der Waals surface area contributed by atoms with E-state index < -0.39 is 11.1 Å². The molecular weight excluding hydrogens is 126 g/mol. The predicted molar refractivity (Wildman–Crippen MR) is 45.9 cm³/mol. The number of aliphatic hydroxyl groups is 1. The van der Waals surface area contributed by atoms with Crippen molar-refractivity contribution in [1.82, 2.24) is 0 Å². The van der Waals surface area contributed by atoms with Gasteiger partial charge in [-0.05, 0) is 27.7 Å². The lowest BCUT2D eigenvalue weighted by Gasteiger charge is -2.32. The van der Waals surface area contributed by atoms with Crippen LogP contribution in [0.1, 0.15) is 41.5 Å².